The molecule has 9 nitrogen and oxygen atoms in total. The van der Waals surface area contributed by atoms with Crippen LogP contribution in [0, 0.1) is 5.92 Å². The molecule has 0 unspecified atom stereocenters. The third-order valence-electron chi connectivity index (χ3n) is 6.00. The fourth-order valence-electron chi connectivity index (χ4n) is 4.22. The summed E-state index contributed by atoms with van der Waals surface area (Å²) in [5, 5.41) is 8.35. The Morgan fingerprint density at radius 2 is 1.67 bits per heavy atom. The Morgan fingerprint density at radius 3 is 2.33 bits per heavy atom. The van der Waals surface area contributed by atoms with Crippen molar-refractivity contribution in [3.8, 4) is 11.1 Å². The second kappa shape index (κ2) is 9.61. The van der Waals surface area contributed by atoms with Crippen LogP contribution < -0.4 is 16.6 Å². The number of benzene rings is 2. The highest BCUT2D eigenvalue weighted by Crippen LogP contribution is 2.25. The molecule has 3 aromatic heterocycles. The van der Waals surface area contributed by atoms with Gasteiger partial charge in [0.25, 0.3) is 5.56 Å². The predicted octanol–water partition coefficient (Wildman–Crippen LogP) is 3.80. The smallest absolute Gasteiger partial charge is 0.324 e. The molecule has 0 spiro atoms. The largest absolute Gasteiger partial charge is 0.332 e. The summed E-state index contributed by atoms with van der Waals surface area (Å²) >= 11 is 0. The van der Waals surface area contributed by atoms with E-state index in [1.165, 1.54) is 13.4 Å². The van der Waals surface area contributed by atoms with E-state index in [2.05, 4.69) is 39.6 Å². The third kappa shape index (κ3) is 4.43. The molecule has 2 aromatic carbocycles. The number of anilines is 2. The van der Waals surface area contributed by atoms with Crippen LogP contribution >= 0.6 is 0 Å². The maximum absolute atomic E-state index is 13.3. The Kier molecular flexibility index (Phi) is 6.20. The number of rotatable bonds is 7. The molecule has 0 aliphatic rings. The lowest BCUT2D eigenvalue weighted by molar-refractivity contribution is 0.498. The molecule has 0 bridgehead atoms. The number of nitrogens with zero attached hydrogens (tertiary/aromatic N) is 6. The second-order valence-electron chi connectivity index (χ2n) is 9.14. The van der Waals surface area contributed by atoms with E-state index in [1.54, 1.807) is 21.5 Å². The molecule has 5 rings (SSSR count). The van der Waals surface area contributed by atoms with Crippen LogP contribution in [0.2, 0.25) is 0 Å². The molecule has 182 valence electrons. The Hall–Kier alpha value is -4.53. The molecule has 3 heterocycles. The molecular weight excluding hydrogens is 454 g/mol. The summed E-state index contributed by atoms with van der Waals surface area (Å²) in [5.74, 6) is 1.20. The van der Waals surface area contributed by atoms with Gasteiger partial charge in [0, 0.05) is 19.8 Å². The topological polar surface area (TPSA) is 99.6 Å². The van der Waals surface area contributed by atoms with Gasteiger partial charge in [-0.05, 0) is 28.7 Å². The van der Waals surface area contributed by atoms with E-state index < -0.39 is 5.56 Å². The highest BCUT2D eigenvalue weighted by Gasteiger charge is 2.22. The van der Waals surface area contributed by atoms with E-state index in [1.807, 2.05) is 44.2 Å². The minimum atomic E-state index is -0.405. The van der Waals surface area contributed by atoms with Gasteiger partial charge in [-0.15, -0.1) is 0 Å². The number of aromatic nitrogens is 6. The first-order valence-electron chi connectivity index (χ1n) is 11.8. The number of hydrogen-bond acceptors (Lipinski definition) is 6. The number of fused-ring (bicyclic) bond motifs is 1. The van der Waals surface area contributed by atoms with Crippen LogP contribution in [-0.2, 0) is 20.1 Å². The van der Waals surface area contributed by atoms with Gasteiger partial charge in [0.05, 0.1) is 6.54 Å². The molecule has 0 saturated heterocycles. The molecule has 9 heteroatoms. The lowest BCUT2D eigenvalue weighted by Crippen LogP contribution is -2.38. The molecule has 0 fully saturated rings. The van der Waals surface area contributed by atoms with Gasteiger partial charge in [0.15, 0.2) is 5.65 Å². The minimum absolute atomic E-state index is 0.192. The first-order valence-corrected chi connectivity index (χ1v) is 11.8. The second-order valence-corrected chi connectivity index (χ2v) is 9.14. The van der Waals surface area contributed by atoms with Crippen molar-refractivity contribution in [3.05, 3.63) is 99.6 Å². The van der Waals surface area contributed by atoms with Gasteiger partial charge in [0.1, 0.15) is 23.3 Å². The van der Waals surface area contributed by atoms with Gasteiger partial charge in [-0.2, -0.15) is 5.10 Å². The van der Waals surface area contributed by atoms with Gasteiger partial charge in [-0.25, -0.2) is 19.4 Å². The Labute approximate surface area is 207 Å². The predicted molar refractivity (Wildman–Crippen MR) is 140 cm³/mol. The third-order valence-corrected chi connectivity index (χ3v) is 6.00. The highest BCUT2D eigenvalue weighted by atomic mass is 16.2. The van der Waals surface area contributed by atoms with Crippen molar-refractivity contribution in [2.75, 3.05) is 5.32 Å². The van der Waals surface area contributed by atoms with Crippen LogP contribution in [0.4, 0.5) is 11.6 Å². The molecular formula is C27H27N7O2. The quantitative estimate of drug-likeness (QED) is 0.380. The summed E-state index contributed by atoms with van der Waals surface area (Å²) in [7, 11) is 1.50. The molecule has 36 heavy (non-hydrogen) atoms. The van der Waals surface area contributed by atoms with Crippen molar-refractivity contribution in [2.45, 2.75) is 26.9 Å². The summed E-state index contributed by atoms with van der Waals surface area (Å²) < 4.78 is 4.43. The molecule has 0 amide bonds. The van der Waals surface area contributed by atoms with Crippen molar-refractivity contribution >= 4 is 22.7 Å². The van der Waals surface area contributed by atoms with Crippen molar-refractivity contribution in [1.82, 2.24) is 28.9 Å². The van der Waals surface area contributed by atoms with Gasteiger partial charge >= 0.3 is 5.69 Å². The molecule has 0 aliphatic carbocycles. The van der Waals surface area contributed by atoms with E-state index in [0.29, 0.717) is 35.8 Å². The van der Waals surface area contributed by atoms with Crippen LogP contribution in [0.25, 0.3) is 22.2 Å². The molecule has 0 radical (unpaired) electrons. The summed E-state index contributed by atoms with van der Waals surface area (Å²) in [6.45, 7) is 4.89. The zero-order valence-electron chi connectivity index (χ0n) is 20.4. The summed E-state index contributed by atoms with van der Waals surface area (Å²) in [6.07, 6.45) is 3.05. The van der Waals surface area contributed by atoms with E-state index in [4.69, 9.17) is 5.10 Å². The monoisotopic (exact) mass is 481 g/mol. The van der Waals surface area contributed by atoms with Gasteiger partial charge < -0.3 is 5.32 Å². The Morgan fingerprint density at radius 1 is 0.944 bits per heavy atom. The average molecular weight is 482 g/mol. The normalized spacial score (nSPS) is 11.3. The first kappa shape index (κ1) is 23.2. The van der Waals surface area contributed by atoms with Crippen LogP contribution in [-0.4, -0.2) is 28.9 Å². The lowest BCUT2D eigenvalue weighted by atomic mass is 10.0. The van der Waals surface area contributed by atoms with Crippen LogP contribution in [0.5, 0.6) is 0 Å². The van der Waals surface area contributed by atoms with Crippen molar-refractivity contribution < 1.29 is 0 Å². The van der Waals surface area contributed by atoms with Crippen molar-refractivity contribution in [1.29, 1.82) is 0 Å². The van der Waals surface area contributed by atoms with Crippen molar-refractivity contribution in [2.24, 2.45) is 13.0 Å². The average Bonchev–Trinajstić information content (AvgIpc) is 3.24. The van der Waals surface area contributed by atoms with Crippen molar-refractivity contribution in [3.63, 3.8) is 0 Å². The number of nitrogens with one attached hydrogen (secondary N) is 1. The minimum Gasteiger partial charge on any atom is -0.324 e. The lowest BCUT2D eigenvalue weighted by Gasteiger charge is -2.11. The van der Waals surface area contributed by atoms with Gasteiger partial charge in [-0.3, -0.25) is 13.9 Å². The van der Waals surface area contributed by atoms with Crippen LogP contribution in [0.3, 0.4) is 0 Å². The van der Waals surface area contributed by atoms with Crippen LogP contribution in [0.15, 0.2) is 82.8 Å². The van der Waals surface area contributed by atoms with E-state index in [0.717, 1.165) is 21.3 Å². The van der Waals surface area contributed by atoms with E-state index in [9.17, 15) is 9.59 Å². The molecule has 0 aliphatic heterocycles. The molecule has 0 atom stereocenters. The molecule has 5 aromatic rings. The Balaban J connectivity index is 1.64. The summed E-state index contributed by atoms with van der Waals surface area (Å²) in [5.41, 5.74) is 2.83. The summed E-state index contributed by atoms with van der Waals surface area (Å²) in [4.78, 5) is 34.5. The summed E-state index contributed by atoms with van der Waals surface area (Å²) in [6, 6.07) is 20.1. The highest BCUT2D eigenvalue weighted by molar-refractivity contribution is 5.88. The zero-order chi connectivity index (χ0) is 25.2. The fraction of sp³-hybridized carbons (Fsp3) is 0.222. The maximum Gasteiger partial charge on any atom is 0.332 e. The van der Waals surface area contributed by atoms with E-state index >= 15 is 0 Å². The fourth-order valence-corrected chi connectivity index (χ4v) is 4.22. The zero-order valence-corrected chi connectivity index (χ0v) is 20.4. The molecule has 0 saturated carbocycles. The van der Waals surface area contributed by atoms with Gasteiger partial charge in [-0.1, -0.05) is 68.4 Å². The molecule has 1 N–H and O–H groups in total. The number of hydrogen-bond donors (Lipinski definition) is 1. The first-order chi connectivity index (χ1) is 17.4. The van der Waals surface area contributed by atoms with E-state index in [-0.39, 0.29) is 11.6 Å². The Bertz CT molecular complexity index is 1620. The standard InChI is InChI=1S/C27H27N7O2/c1-18(2)15-33-25-23(26(35)32(3)27(33)36)24(30-22-13-14-28-17-29-22)34(31-25)16-19-9-11-21(12-10-19)20-7-5-4-6-8-20/h4-14,17-18H,15-16H2,1-3H3,(H,28,29,30). The van der Waals surface area contributed by atoms with Gasteiger partial charge in [0.2, 0.25) is 0 Å². The van der Waals surface area contributed by atoms with Crippen LogP contribution in [0.1, 0.15) is 19.4 Å². The maximum atomic E-state index is 13.3. The SMILES string of the molecule is CC(C)Cn1c(=O)n(C)c(=O)c2c(Nc3ccncn3)n(Cc3ccc(-c4ccccc4)cc3)nc21.